The van der Waals surface area contributed by atoms with Crippen LogP contribution in [0.25, 0.3) is 0 Å². The van der Waals surface area contributed by atoms with Crippen molar-refractivity contribution in [3.63, 3.8) is 0 Å². The Hall–Kier alpha value is -1.79. The number of fused-ring (bicyclic) bond motifs is 3. The van der Waals surface area contributed by atoms with Gasteiger partial charge in [-0.3, -0.25) is 9.59 Å². The van der Waals surface area contributed by atoms with Gasteiger partial charge < -0.3 is 34.0 Å². The minimum Gasteiger partial charge on any atom is -0.450 e. The maximum Gasteiger partial charge on any atom is 0.509 e. The van der Waals surface area contributed by atoms with E-state index in [0.717, 1.165) is 23.7 Å². The van der Waals surface area contributed by atoms with Gasteiger partial charge in [-0.05, 0) is 50.4 Å². The zero-order valence-electron chi connectivity index (χ0n) is 25.0. The number of esters is 1. The number of hydrogen-bond donors (Lipinski definition) is 3. The average molecular weight is 583 g/mol. The van der Waals surface area contributed by atoms with E-state index in [1.165, 1.54) is 6.92 Å². The second-order valence-electron chi connectivity index (χ2n) is 13.0. The fraction of sp³-hybridized carbons (Fsp3) is 0.828. The van der Waals surface area contributed by atoms with Crippen LogP contribution in [0.5, 0.6) is 0 Å². The number of rotatable bonds is 7. The van der Waals surface area contributed by atoms with Gasteiger partial charge in [-0.1, -0.05) is 40.2 Å². The van der Waals surface area contributed by atoms with Crippen LogP contribution in [0, 0.1) is 16.7 Å². The highest BCUT2D eigenvalue weighted by Gasteiger charge is 2.77. The standard InChI is InChI=1S/C29H46O10Si/c1-9-40(10-2,11-3)39-19-14-18(32)28(35,15-30)22-24-29(38-25(34)37-24)13-12-16(4)20(26(29,6)7)21(36-17(5)31)23(33)27(19,22)8/h18-19,21-22,24,30,32,35H,9-15H2,1-8H3/t18-,19-,21+,22-,24-,27+,28-,29+/m0/s1. The molecule has 4 rings (SSSR count). The maximum atomic E-state index is 15.0. The predicted molar refractivity (Wildman–Crippen MR) is 147 cm³/mol. The van der Waals surface area contributed by atoms with Crippen LogP contribution in [0.15, 0.2) is 11.1 Å². The molecule has 4 aliphatic rings. The molecule has 3 N–H and O–H groups in total. The summed E-state index contributed by atoms with van der Waals surface area (Å²) in [5.74, 6) is -2.49. The van der Waals surface area contributed by atoms with Crippen LogP contribution in [0.3, 0.4) is 0 Å². The number of carbonyl (C=O) groups excluding carboxylic acids is 3. The molecule has 3 fully saturated rings. The van der Waals surface area contributed by atoms with Crippen LogP contribution in [-0.4, -0.2) is 83.8 Å². The normalized spacial score (nSPS) is 40.8. The maximum absolute atomic E-state index is 15.0. The predicted octanol–water partition coefficient (Wildman–Crippen LogP) is 3.41. The van der Waals surface area contributed by atoms with Gasteiger partial charge >= 0.3 is 12.1 Å². The zero-order chi connectivity index (χ0) is 30.1. The average Bonchev–Trinajstić information content (AvgIpc) is 3.23. The lowest BCUT2D eigenvalue weighted by Gasteiger charge is -2.63. The van der Waals surface area contributed by atoms with E-state index in [2.05, 4.69) is 0 Å². The van der Waals surface area contributed by atoms with Gasteiger partial charge in [-0.25, -0.2) is 4.79 Å². The number of ether oxygens (including phenoxy) is 3. The molecule has 1 aliphatic heterocycles. The molecule has 226 valence electrons. The quantitative estimate of drug-likeness (QED) is 0.232. The van der Waals surface area contributed by atoms with Crippen molar-refractivity contribution in [1.29, 1.82) is 0 Å². The number of ketones is 1. The van der Waals surface area contributed by atoms with Crippen molar-refractivity contribution in [3.05, 3.63) is 11.1 Å². The fourth-order valence-corrected chi connectivity index (χ4v) is 11.4. The van der Waals surface area contributed by atoms with Gasteiger partial charge in [0.25, 0.3) is 0 Å². The number of Topliss-reactive ketones (excluding diaryl/α,β-unsaturated/α-hetero) is 1. The van der Waals surface area contributed by atoms with Crippen molar-refractivity contribution in [2.45, 2.75) is 128 Å². The van der Waals surface area contributed by atoms with Crippen molar-refractivity contribution < 1.29 is 48.3 Å². The molecule has 2 bridgehead atoms. The highest BCUT2D eigenvalue weighted by atomic mass is 28.4. The smallest absolute Gasteiger partial charge is 0.450 e. The second kappa shape index (κ2) is 10.2. The van der Waals surface area contributed by atoms with E-state index in [1.54, 1.807) is 6.92 Å². The Morgan fingerprint density at radius 2 is 1.73 bits per heavy atom. The summed E-state index contributed by atoms with van der Waals surface area (Å²) in [6.07, 6.45) is -5.28. The third-order valence-electron chi connectivity index (χ3n) is 11.1. The molecule has 0 radical (unpaired) electrons. The molecular formula is C29H46O10Si. The van der Waals surface area contributed by atoms with Crippen molar-refractivity contribution in [3.8, 4) is 0 Å². The van der Waals surface area contributed by atoms with Crippen LogP contribution in [-0.2, 0) is 28.2 Å². The third kappa shape index (κ3) is 4.05. The SMILES string of the molecule is CC[Si](CC)(CC)O[C@H]1C[C@H](O)[C@@](O)(CO)[C@H]2[C@@H]3OC(=O)O[C@]34CCC(C)=C([C@@H](OC(C)=O)C(=O)[C@]12C)C4(C)C. The first-order valence-corrected chi connectivity index (χ1v) is 17.1. The third-order valence-corrected chi connectivity index (χ3v) is 15.7. The van der Waals surface area contributed by atoms with Crippen LogP contribution in [0.4, 0.5) is 4.79 Å². The Morgan fingerprint density at radius 1 is 1.12 bits per heavy atom. The highest BCUT2D eigenvalue weighted by molar-refractivity contribution is 6.73. The molecule has 2 saturated carbocycles. The summed E-state index contributed by atoms with van der Waals surface area (Å²) in [6.45, 7) is 13.6. The number of allylic oxidation sites excluding steroid dienone is 1. The molecule has 8 atom stereocenters. The summed E-state index contributed by atoms with van der Waals surface area (Å²) in [7, 11) is -2.41. The van der Waals surface area contributed by atoms with Gasteiger partial charge in [0.05, 0.1) is 24.2 Å². The van der Waals surface area contributed by atoms with Crippen molar-refractivity contribution in [1.82, 2.24) is 0 Å². The molecule has 0 amide bonds. The van der Waals surface area contributed by atoms with E-state index in [9.17, 15) is 24.9 Å². The molecule has 10 nitrogen and oxygen atoms in total. The van der Waals surface area contributed by atoms with Crippen LogP contribution < -0.4 is 0 Å². The first-order valence-electron chi connectivity index (χ1n) is 14.6. The molecule has 0 aromatic carbocycles. The molecule has 11 heteroatoms. The summed E-state index contributed by atoms with van der Waals surface area (Å²) in [4.78, 5) is 40.5. The molecular weight excluding hydrogens is 536 g/mol. The van der Waals surface area contributed by atoms with E-state index in [1.807, 2.05) is 41.5 Å². The number of hydrogen-bond acceptors (Lipinski definition) is 10. The molecule has 1 heterocycles. The van der Waals surface area contributed by atoms with E-state index >= 15 is 4.79 Å². The van der Waals surface area contributed by atoms with Crippen LogP contribution >= 0.6 is 0 Å². The Bertz CT molecular complexity index is 1090. The molecule has 0 unspecified atom stereocenters. The molecule has 0 aromatic heterocycles. The Morgan fingerprint density at radius 3 is 2.25 bits per heavy atom. The summed E-state index contributed by atoms with van der Waals surface area (Å²) < 4.78 is 24.7. The lowest BCUT2D eigenvalue weighted by atomic mass is 9.45. The van der Waals surface area contributed by atoms with Gasteiger partial charge in [-0.2, -0.15) is 0 Å². The second-order valence-corrected chi connectivity index (χ2v) is 17.7. The van der Waals surface area contributed by atoms with Gasteiger partial charge in [0.2, 0.25) is 0 Å². The van der Waals surface area contributed by atoms with Gasteiger partial charge in [0.1, 0.15) is 5.60 Å². The first kappa shape index (κ1) is 31.1. The minimum atomic E-state index is -2.41. The van der Waals surface area contributed by atoms with Crippen molar-refractivity contribution >= 4 is 26.2 Å². The Balaban J connectivity index is 2.09. The van der Waals surface area contributed by atoms with E-state index in [-0.39, 0.29) is 6.42 Å². The Labute approximate surface area is 237 Å². The molecule has 0 aromatic rings. The van der Waals surface area contributed by atoms with E-state index in [4.69, 9.17) is 18.6 Å². The minimum absolute atomic E-state index is 0.132. The lowest BCUT2D eigenvalue weighted by molar-refractivity contribution is -0.261. The lowest BCUT2D eigenvalue weighted by Crippen LogP contribution is -2.77. The van der Waals surface area contributed by atoms with Gasteiger partial charge in [0, 0.05) is 24.7 Å². The van der Waals surface area contributed by atoms with Crippen molar-refractivity contribution in [2.24, 2.45) is 16.7 Å². The summed E-state index contributed by atoms with van der Waals surface area (Å²) in [6, 6.07) is 2.30. The molecule has 1 saturated heterocycles. The van der Waals surface area contributed by atoms with Crippen LogP contribution in [0.2, 0.25) is 18.1 Å². The number of aliphatic hydroxyl groups excluding tert-OH is 2. The Kier molecular flexibility index (Phi) is 7.93. The number of carbonyl (C=O) groups is 3. The van der Waals surface area contributed by atoms with Crippen molar-refractivity contribution in [2.75, 3.05) is 6.61 Å². The highest BCUT2D eigenvalue weighted by Crippen LogP contribution is 2.64. The van der Waals surface area contributed by atoms with E-state index < -0.39 is 85.2 Å². The zero-order valence-corrected chi connectivity index (χ0v) is 26.0. The summed E-state index contributed by atoms with van der Waals surface area (Å²) in [5, 5.41) is 34.2. The van der Waals surface area contributed by atoms with Gasteiger partial charge in [0.15, 0.2) is 31.9 Å². The fourth-order valence-electron chi connectivity index (χ4n) is 8.41. The van der Waals surface area contributed by atoms with Crippen LogP contribution in [0.1, 0.15) is 74.7 Å². The monoisotopic (exact) mass is 582 g/mol. The number of aliphatic hydroxyl groups is 3. The molecule has 3 aliphatic carbocycles. The van der Waals surface area contributed by atoms with E-state index in [0.29, 0.717) is 18.4 Å². The summed E-state index contributed by atoms with van der Waals surface area (Å²) in [5.41, 5.74) is -4.92. The first-order chi connectivity index (χ1) is 18.5. The molecule has 40 heavy (non-hydrogen) atoms. The summed E-state index contributed by atoms with van der Waals surface area (Å²) >= 11 is 0. The topological polar surface area (TPSA) is 149 Å². The molecule has 1 spiro atoms. The largest absolute Gasteiger partial charge is 0.509 e. The van der Waals surface area contributed by atoms with Gasteiger partial charge in [-0.15, -0.1) is 0 Å².